The van der Waals surface area contributed by atoms with Gasteiger partial charge in [0.05, 0.1) is 6.26 Å². The van der Waals surface area contributed by atoms with Gasteiger partial charge in [0.1, 0.15) is 11.5 Å². The van der Waals surface area contributed by atoms with E-state index >= 15 is 0 Å². The van der Waals surface area contributed by atoms with E-state index in [-0.39, 0.29) is 5.75 Å². The summed E-state index contributed by atoms with van der Waals surface area (Å²) in [5.41, 5.74) is 0. The van der Waals surface area contributed by atoms with Gasteiger partial charge in [-0.15, -0.1) is 0 Å². The van der Waals surface area contributed by atoms with Crippen molar-refractivity contribution >= 4 is 0 Å². The van der Waals surface area contributed by atoms with Gasteiger partial charge in [-0.05, 0) is 31.1 Å². The van der Waals surface area contributed by atoms with Crippen LogP contribution in [-0.4, -0.2) is 5.11 Å². The monoisotopic (exact) mass is 314 g/mol. The highest BCUT2D eigenvalue weighted by molar-refractivity contribution is 5.32. The maximum Gasteiger partial charge on any atom is 0.130 e. The molecule has 126 valence electrons. The lowest BCUT2D eigenvalue weighted by Gasteiger charge is -1.98. The quantitative estimate of drug-likeness (QED) is 0.270. The minimum absolute atomic E-state index is 0.208. The van der Waals surface area contributed by atoms with E-state index in [0.717, 1.165) is 6.42 Å². The van der Waals surface area contributed by atoms with Crippen molar-refractivity contribution in [3.8, 4) is 11.5 Å². The summed E-state index contributed by atoms with van der Waals surface area (Å²) in [4.78, 5) is 0. The Kier molecular flexibility index (Phi) is 11.4. The van der Waals surface area contributed by atoms with Crippen molar-refractivity contribution in [3.63, 3.8) is 0 Å². The van der Waals surface area contributed by atoms with Gasteiger partial charge in [-0.2, -0.15) is 0 Å². The van der Waals surface area contributed by atoms with Gasteiger partial charge < -0.3 is 9.84 Å². The molecule has 1 aromatic rings. The highest BCUT2D eigenvalue weighted by Crippen LogP contribution is 2.17. The topological polar surface area (TPSA) is 29.5 Å². The fraction of sp³-hybridized carbons (Fsp3) is 0.429. The molecule has 0 heterocycles. The van der Waals surface area contributed by atoms with Crippen molar-refractivity contribution in [2.75, 3.05) is 0 Å². The van der Waals surface area contributed by atoms with E-state index < -0.39 is 0 Å². The normalized spacial score (nSPS) is 11.9. The van der Waals surface area contributed by atoms with E-state index in [1.807, 2.05) is 18.2 Å². The molecular formula is C21H30O2. The van der Waals surface area contributed by atoms with Crippen molar-refractivity contribution in [2.24, 2.45) is 0 Å². The second-order valence-corrected chi connectivity index (χ2v) is 5.67. The molecule has 0 bridgehead atoms. The van der Waals surface area contributed by atoms with Crippen LogP contribution in [0.15, 0.2) is 60.9 Å². The standard InChI is InChI=1S/C21H30O2/c1-2-3-4-5-6-7-8-9-10-11-12-13-14-18-23-21-17-15-16-20(22)19-21/h10-19,22H,2-9H2,1H3. The summed E-state index contributed by atoms with van der Waals surface area (Å²) in [5, 5.41) is 9.30. The second kappa shape index (κ2) is 13.7. The van der Waals surface area contributed by atoms with Gasteiger partial charge in [0, 0.05) is 6.07 Å². The fourth-order valence-corrected chi connectivity index (χ4v) is 2.24. The van der Waals surface area contributed by atoms with Crippen LogP contribution in [0.1, 0.15) is 58.3 Å². The number of rotatable bonds is 12. The summed E-state index contributed by atoms with van der Waals surface area (Å²) < 4.78 is 5.37. The smallest absolute Gasteiger partial charge is 0.130 e. The van der Waals surface area contributed by atoms with Gasteiger partial charge in [-0.25, -0.2) is 0 Å². The first-order valence-electron chi connectivity index (χ1n) is 8.77. The van der Waals surface area contributed by atoms with E-state index in [1.165, 1.54) is 44.9 Å². The molecule has 2 nitrogen and oxygen atoms in total. The van der Waals surface area contributed by atoms with Gasteiger partial charge in [0.25, 0.3) is 0 Å². The number of ether oxygens (including phenoxy) is 1. The van der Waals surface area contributed by atoms with Crippen LogP contribution in [0.3, 0.4) is 0 Å². The number of benzene rings is 1. The molecule has 0 aliphatic carbocycles. The Labute approximate surface area is 141 Å². The van der Waals surface area contributed by atoms with E-state index in [0.29, 0.717) is 5.75 Å². The van der Waals surface area contributed by atoms with Crippen molar-refractivity contribution in [1.82, 2.24) is 0 Å². The largest absolute Gasteiger partial charge is 0.508 e. The summed E-state index contributed by atoms with van der Waals surface area (Å²) in [7, 11) is 0. The zero-order chi connectivity index (χ0) is 16.6. The zero-order valence-corrected chi connectivity index (χ0v) is 14.3. The average Bonchev–Trinajstić information content (AvgIpc) is 2.55. The Bertz CT molecular complexity index is 486. The Morgan fingerprint density at radius 3 is 2.43 bits per heavy atom. The number of hydrogen-bond donors (Lipinski definition) is 1. The number of unbranched alkanes of at least 4 members (excludes halogenated alkanes) is 7. The molecule has 0 fully saturated rings. The molecule has 0 saturated carbocycles. The van der Waals surface area contributed by atoms with Gasteiger partial charge >= 0.3 is 0 Å². The van der Waals surface area contributed by atoms with Gasteiger partial charge in [-0.3, -0.25) is 0 Å². The molecule has 1 aromatic carbocycles. The SMILES string of the molecule is CCCCCCCCCC=CC=CC=COc1cccc(O)c1. The summed E-state index contributed by atoms with van der Waals surface area (Å²) in [6.07, 6.45) is 22.3. The summed E-state index contributed by atoms with van der Waals surface area (Å²) >= 11 is 0. The lowest BCUT2D eigenvalue weighted by molar-refractivity contribution is 0.454. The summed E-state index contributed by atoms with van der Waals surface area (Å²) in [5.74, 6) is 0.837. The molecule has 1 N–H and O–H groups in total. The van der Waals surface area contributed by atoms with Crippen molar-refractivity contribution in [2.45, 2.75) is 58.3 Å². The van der Waals surface area contributed by atoms with E-state index in [4.69, 9.17) is 4.74 Å². The summed E-state index contributed by atoms with van der Waals surface area (Å²) in [6.45, 7) is 2.26. The van der Waals surface area contributed by atoms with Gasteiger partial charge in [0.15, 0.2) is 0 Å². The lowest BCUT2D eigenvalue weighted by Crippen LogP contribution is -1.79. The molecule has 0 atom stereocenters. The van der Waals surface area contributed by atoms with Crippen LogP contribution in [0, 0.1) is 0 Å². The predicted molar refractivity (Wildman–Crippen MR) is 98.8 cm³/mol. The van der Waals surface area contributed by atoms with Crippen molar-refractivity contribution in [3.05, 3.63) is 60.9 Å². The molecule has 0 aliphatic rings. The van der Waals surface area contributed by atoms with Crippen LogP contribution in [0.25, 0.3) is 0 Å². The second-order valence-electron chi connectivity index (χ2n) is 5.67. The molecule has 0 unspecified atom stereocenters. The van der Waals surface area contributed by atoms with Crippen LogP contribution in [-0.2, 0) is 0 Å². The maximum absolute atomic E-state index is 9.30. The number of allylic oxidation sites excluding steroid dienone is 5. The molecule has 1 rings (SSSR count). The number of phenols is 1. The predicted octanol–water partition coefficient (Wildman–Crippen LogP) is 6.54. The third-order valence-corrected chi connectivity index (χ3v) is 3.54. The van der Waals surface area contributed by atoms with E-state index in [2.05, 4.69) is 19.1 Å². The Morgan fingerprint density at radius 2 is 1.65 bits per heavy atom. The molecule has 0 saturated heterocycles. The van der Waals surface area contributed by atoms with Gasteiger partial charge in [-0.1, -0.05) is 75.8 Å². The Hall–Kier alpha value is -1.96. The third-order valence-electron chi connectivity index (χ3n) is 3.54. The fourth-order valence-electron chi connectivity index (χ4n) is 2.24. The summed E-state index contributed by atoms with van der Waals surface area (Å²) in [6, 6.07) is 6.75. The molecule has 0 aliphatic heterocycles. The minimum Gasteiger partial charge on any atom is -0.508 e. The van der Waals surface area contributed by atoms with Crippen LogP contribution < -0.4 is 4.74 Å². The molecule has 0 radical (unpaired) electrons. The van der Waals surface area contributed by atoms with Crippen LogP contribution in [0.4, 0.5) is 0 Å². The van der Waals surface area contributed by atoms with Gasteiger partial charge in [0.2, 0.25) is 0 Å². The first-order valence-corrected chi connectivity index (χ1v) is 8.77. The first kappa shape index (κ1) is 19.1. The van der Waals surface area contributed by atoms with Crippen LogP contribution in [0.2, 0.25) is 0 Å². The highest BCUT2D eigenvalue weighted by atomic mass is 16.5. The molecule has 0 aromatic heterocycles. The molecule has 23 heavy (non-hydrogen) atoms. The van der Waals surface area contributed by atoms with Crippen LogP contribution in [0.5, 0.6) is 11.5 Å². The highest BCUT2D eigenvalue weighted by Gasteiger charge is 1.91. The van der Waals surface area contributed by atoms with Crippen LogP contribution >= 0.6 is 0 Å². The Morgan fingerprint density at radius 1 is 0.913 bits per heavy atom. The third kappa shape index (κ3) is 11.3. The molecule has 0 amide bonds. The first-order chi connectivity index (χ1) is 11.3. The Balaban J connectivity index is 2.01. The number of aromatic hydroxyl groups is 1. The molecule has 2 heteroatoms. The lowest BCUT2D eigenvalue weighted by atomic mass is 10.1. The van der Waals surface area contributed by atoms with Crippen molar-refractivity contribution in [1.29, 1.82) is 0 Å². The zero-order valence-electron chi connectivity index (χ0n) is 14.3. The van der Waals surface area contributed by atoms with E-state index in [1.54, 1.807) is 30.5 Å². The minimum atomic E-state index is 0.208. The van der Waals surface area contributed by atoms with E-state index in [9.17, 15) is 5.11 Å². The molecule has 0 spiro atoms. The molecular weight excluding hydrogens is 284 g/mol. The maximum atomic E-state index is 9.30. The number of phenolic OH excluding ortho intramolecular Hbond substituents is 1. The number of hydrogen-bond acceptors (Lipinski definition) is 2. The van der Waals surface area contributed by atoms with Crippen molar-refractivity contribution < 1.29 is 9.84 Å². The average molecular weight is 314 g/mol.